The van der Waals surface area contributed by atoms with Gasteiger partial charge in [-0.25, -0.2) is 4.68 Å². The van der Waals surface area contributed by atoms with Crippen LogP contribution in [0.5, 0.6) is 5.75 Å². The number of anilines is 1. The molecule has 5 rings (SSSR count). The fourth-order valence-electron chi connectivity index (χ4n) is 4.26. The zero-order chi connectivity index (χ0) is 24.2. The molecule has 1 aliphatic heterocycles. The number of aryl methyl sites for hydroxylation is 1. The van der Waals surface area contributed by atoms with Gasteiger partial charge in [-0.1, -0.05) is 54.6 Å². The number of rotatable bonds is 7. The summed E-state index contributed by atoms with van der Waals surface area (Å²) in [7, 11) is 0. The van der Waals surface area contributed by atoms with Gasteiger partial charge in [0.05, 0.1) is 23.7 Å². The van der Waals surface area contributed by atoms with Crippen LogP contribution in [0.15, 0.2) is 77.6 Å². The highest BCUT2D eigenvalue weighted by atomic mass is 16.5. The van der Waals surface area contributed by atoms with Crippen molar-refractivity contribution in [3.63, 3.8) is 0 Å². The van der Waals surface area contributed by atoms with E-state index < -0.39 is 5.91 Å². The molecule has 35 heavy (non-hydrogen) atoms. The van der Waals surface area contributed by atoms with Crippen LogP contribution in [0.2, 0.25) is 0 Å². The molecular weight excluding hydrogens is 442 g/mol. The highest BCUT2D eigenvalue weighted by Gasteiger charge is 2.20. The summed E-state index contributed by atoms with van der Waals surface area (Å²) < 4.78 is 13.0. The number of nitrogens with one attached hydrogen (secondary N) is 1. The molecule has 0 aliphatic carbocycles. The molecule has 3 aromatic carbocycles. The lowest BCUT2D eigenvalue weighted by Crippen LogP contribution is -2.28. The van der Waals surface area contributed by atoms with Crippen LogP contribution < -0.4 is 15.6 Å². The minimum atomic E-state index is -0.408. The van der Waals surface area contributed by atoms with E-state index in [4.69, 9.17) is 9.47 Å². The van der Waals surface area contributed by atoms with E-state index in [2.05, 4.69) is 10.4 Å². The van der Waals surface area contributed by atoms with Gasteiger partial charge in [0.15, 0.2) is 5.69 Å². The molecule has 0 saturated carbocycles. The number of amides is 1. The second-order valence-corrected chi connectivity index (χ2v) is 8.74. The van der Waals surface area contributed by atoms with E-state index >= 15 is 0 Å². The molecule has 1 aromatic heterocycles. The summed E-state index contributed by atoms with van der Waals surface area (Å²) in [5.41, 5.74) is 2.43. The van der Waals surface area contributed by atoms with Crippen molar-refractivity contribution in [2.75, 3.05) is 18.5 Å². The van der Waals surface area contributed by atoms with Gasteiger partial charge in [-0.3, -0.25) is 9.59 Å². The molecule has 1 aliphatic rings. The Kier molecular flexibility index (Phi) is 6.59. The third kappa shape index (κ3) is 5.10. The van der Waals surface area contributed by atoms with E-state index in [1.165, 1.54) is 4.68 Å². The van der Waals surface area contributed by atoms with Gasteiger partial charge in [-0.15, -0.1) is 0 Å². The number of hydrogen-bond donors (Lipinski definition) is 1. The number of ether oxygens (including phenoxy) is 2. The summed E-state index contributed by atoms with van der Waals surface area (Å²) in [4.78, 5) is 26.6. The molecule has 1 saturated heterocycles. The van der Waals surface area contributed by atoms with Crippen molar-refractivity contribution in [1.29, 1.82) is 0 Å². The minimum Gasteiger partial charge on any atom is -0.489 e. The van der Waals surface area contributed by atoms with Crippen molar-refractivity contribution in [1.82, 2.24) is 9.78 Å². The van der Waals surface area contributed by atoms with E-state index in [0.29, 0.717) is 28.8 Å². The molecule has 1 N–H and O–H groups in total. The van der Waals surface area contributed by atoms with E-state index in [9.17, 15) is 9.59 Å². The van der Waals surface area contributed by atoms with Crippen LogP contribution in [0.25, 0.3) is 10.8 Å². The van der Waals surface area contributed by atoms with Gasteiger partial charge in [0.25, 0.3) is 11.5 Å². The maximum atomic E-state index is 13.5. The van der Waals surface area contributed by atoms with Crippen molar-refractivity contribution in [3.8, 4) is 5.75 Å². The van der Waals surface area contributed by atoms with Gasteiger partial charge in [-0.2, -0.15) is 5.10 Å². The van der Waals surface area contributed by atoms with Crippen LogP contribution >= 0.6 is 0 Å². The van der Waals surface area contributed by atoms with Crippen molar-refractivity contribution in [3.05, 3.63) is 100.0 Å². The zero-order valence-corrected chi connectivity index (χ0v) is 19.6. The topological polar surface area (TPSA) is 82.5 Å². The fraction of sp³-hybridized carbons (Fsp3) is 0.250. The first-order valence-corrected chi connectivity index (χ1v) is 11.8. The van der Waals surface area contributed by atoms with Crippen LogP contribution in [0.3, 0.4) is 0 Å². The number of nitrogens with zero attached hydrogens (tertiary/aromatic N) is 2. The summed E-state index contributed by atoms with van der Waals surface area (Å²) in [6.07, 6.45) is 2.06. The van der Waals surface area contributed by atoms with E-state index in [0.717, 1.165) is 30.6 Å². The maximum Gasteiger partial charge on any atom is 0.276 e. The second-order valence-electron chi connectivity index (χ2n) is 8.74. The van der Waals surface area contributed by atoms with Crippen molar-refractivity contribution in [2.24, 2.45) is 0 Å². The lowest BCUT2D eigenvalue weighted by molar-refractivity contribution is 0.0681. The number of benzene rings is 3. The molecule has 1 unspecified atom stereocenters. The SMILES string of the molecule is Cc1ccc(NC(=O)c2nn(Cc3ccccc3)c(=O)c3ccccc23)c(OCC2CCCO2)c1. The number of carbonyl (C=O) groups excluding carboxylic acids is 1. The van der Waals surface area contributed by atoms with Crippen LogP contribution in [0, 0.1) is 6.92 Å². The standard InChI is InChI=1S/C28H27N3O4/c1-19-13-14-24(25(16-19)35-18-21-10-7-15-34-21)29-27(32)26-22-11-5-6-12-23(22)28(33)31(30-26)17-20-8-3-2-4-9-20/h2-6,8-9,11-14,16,21H,7,10,15,17-18H2,1H3,(H,29,32). The van der Waals surface area contributed by atoms with E-state index in [1.807, 2.05) is 55.5 Å². The summed E-state index contributed by atoms with van der Waals surface area (Å²) in [5.74, 6) is 0.171. The summed E-state index contributed by atoms with van der Waals surface area (Å²) in [5, 5.41) is 8.38. The van der Waals surface area contributed by atoms with Crippen LogP contribution in [0.4, 0.5) is 5.69 Å². The molecule has 178 valence electrons. The molecular formula is C28H27N3O4. The highest BCUT2D eigenvalue weighted by molar-refractivity contribution is 6.11. The Labute approximate surface area is 203 Å². The average Bonchev–Trinajstić information content (AvgIpc) is 3.40. The smallest absolute Gasteiger partial charge is 0.276 e. The Bertz CT molecular complexity index is 1410. The van der Waals surface area contributed by atoms with Crippen LogP contribution in [0.1, 0.15) is 34.5 Å². The maximum absolute atomic E-state index is 13.5. The van der Waals surface area contributed by atoms with Crippen molar-refractivity contribution < 1.29 is 14.3 Å². The molecule has 1 fully saturated rings. The van der Waals surface area contributed by atoms with Gasteiger partial charge in [-0.05, 0) is 49.1 Å². The van der Waals surface area contributed by atoms with Crippen LogP contribution in [-0.2, 0) is 11.3 Å². The molecule has 7 heteroatoms. The predicted molar refractivity (Wildman–Crippen MR) is 135 cm³/mol. The Hall–Kier alpha value is -3.97. The Morgan fingerprint density at radius 1 is 1.09 bits per heavy atom. The predicted octanol–water partition coefficient (Wildman–Crippen LogP) is 4.56. The van der Waals surface area contributed by atoms with Gasteiger partial charge in [0, 0.05) is 12.0 Å². The number of fused-ring (bicyclic) bond motifs is 1. The first-order chi connectivity index (χ1) is 17.1. The number of hydrogen-bond acceptors (Lipinski definition) is 5. The summed E-state index contributed by atoms with van der Waals surface area (Å²) in [6, 6.07) is 22.3. The van der Waals surface area contributed by atoms with Gasteiger partial charge >= 0.3 is 0 Å². The molecule has 1 amide bonds. The molecule has 0 spiro atoms. The first-order valence-electron chi connectivity index (χ1n) is 11.8. The number of aromatic nitrogens is 2. The number of carbonyl (C=O) groups is 1. The van der Waals surface area contributed by atoms with Crippen molar-refractivity contribution >= 4 is 22.4 Å². The van der Waals surface area contributed by atoms with Gasteiger partial charge < -0.3 is 14.8 Å². The minimum absolute atomic E-state index is 0.0613. The molecule has 0 bridgehead atoms. The Balaban J connectivity index is 1.47. The normalized spacial score (nSPS) is 15.3. The van der Waals surface area contributed by atoms with Crippen LogP contribution in [-0.4, -0.2) is 35.0 Å². The Morgan fingerprint density at radius 2 is 1.86 bits per heavy atom. The summed E-state index contributed by atoms with van der Waals surface area (Å²) >= 11 is 0. The van der Waals surface area contributed by atoms with Gasteiger partial charge in [0.1, 0.15) is 12.4 Å². The summed E-state index contributed by atoms with van der Waals surface area (Å²) in [6.45, 7) is 3.42. The van der Waals surface area contributed by atoms with E-state index in [1.54, 1.807) is 24.3 Å². The third-order valence-electron chi connectivity index (χ3n) is 6.09. The monoisotopic (exact) mass is 469 g/mol. The van der Waals surface area contributed by atoms with E-state index in [-0.39, 0.29) is 23.9 Å². The molecule has 7 nitrogen and oxygen atoms in total. The third-order valence-corrected chi connectivity index (χ3v) is 6.09. The van der Waals surface area contributed by atoms with Gasteiger partial charge in [0.2, 0.25) is 0 Å². The van der Waals surface area contributed by atoms with Crippen molar-refractivity contribution in [2.45, 2.75) is 32.4 Å². The molecule has 4 aromatic rings. The molecule has 1 atom stereocenters. The quantitative estimate of drug-likeness (QED) is 0.429. The average molecular weight is 470 g/mol. The lowest BCUT2D eigenvalue weighted by Gasteiger charge is -2.16. The fourth-order valence-corrected chi connectivity index (χ4v) is 4.26. The second kappa shape index (κ2) is 10.1. The molecule has 0 radical (unpaired) electrons. The Morgan fingerprint density at radius 3 is 2.63 bits per heavy atom. The molecule has 2 heterocycles. The lowest BCUT2D eigenvalue weighted by atomic mass is 10.1. The largest absolute Gasteiger partial charge is 0.489 e. The first kappa shape index (κ1) is 22.8. The zero-order valence-electron chi connectivity index (χ0n) is 19.6. The highest BCUT2D eigenvalue weighted by Crippen LogP contribution is 2.28.